The van der Waals surface area contributed by atoms with Crippen LogP contribution < -0.4 is 4.90 Å². The average molecular weight is 344 g/mol. The number of β-amino-alcohol motifs (C(OH)–C–C–N with tert-alkyl or cyclic N) is 1. The molecule has 0 aromatic carbocycles. The van der Waals surface area contributed by atoms with E-state index in [9.17, 15) is 5.11 Å². The van der Waals surface area contributed by atoms with Crippen molar-refractivity contribution < 1.29 is 10.2 Å². The largest absolute Gasteiger partial charge is 0.394 e. The lowest BCUT2D eigenvalue weighted by molar-refractivity contribution is 0.0604. The van der Waals surface area contributed by atoms with Gasteiger partial charge in [-0.25, -0.2) is 9.97 Å². The van der Waals surface area contributed by atoms with Crippen molar-refractivity contribution >= 4 is 5.82 Å². The van der Waals surface area contributed by atoms with E-state index >= 15 is 0 Å². The number of fused-ring (bicyclic) bond motifs is 1. The van der Waals surface area contributed by atoms with Crippen LogP contribution >= 0.6 is 0 Å². The molecule has 1 aromatic heterocycles. The first-order chi connectivity index (χ1) is 12.2. The van der Waals surface area contributed by atoms with Gasteiger partial charge in [-0.05, 0) is 25.2 Å². The van der Waals surface area contributed by atoms with Gasteiger partial charge in [-0.3, -0.25) is 4.90 Å². The average Bonchev–Trinajstić information content (AvgIpc) is 3.31. The summed E-state index contributed by atoms with van der Waals surface area (Å²) in [5, 5.41) is 18.9. The lowest BCUT2D eigenvalue weighted by Gasteiger charge is -2.23. The molecule has 1 fully saturated rings. The Morgan fingerprint density at radius 2 is 1.88 bits per heavy atom. The van der Waals surface area contributed by atoms with E-state index < -0.39 is 6.10 Å². The molecular formula is C19H28N4O2. The molecule has 0 spiro atoms. The summed E-state index contributed by atoms with van der Waals surface area (Å²) < 4.78 is 0. The molecule has 1 saturated carbocycles. The van der Waals surface area contributed by atoms with Crippen molar-refractivity contribution in [3.8, 4) is 0 Å². The standard InChI is InChI=1S/C19H28N4O2/c24-13-15(25)12-22-9-5-16-17(6-10-22)20-18(11-14-3-4-14)21-19(16)23-7-1-2-8-23/h1-2,14-15,24-25H,3-13H2. The highest BCUT2D eigenvalue weighted by atomic mass is 16.3. The fraction of sp³-hybridized carbons (Fsp3) is 0.684. The van der Waals surface area contributed by atoms with Gasteiger partial charge in [-0.2, -0.15) is 0 Å². The molecule has 1 aliphatic carbocycles. The van der Waals surface area contributed by atoms with Crippen molar-refractivity contribution in [2.45, 2.75) is 38.2 Å². The molecule has 136 valence electrons. The second-order valence-corrected chi connectivity index (χ2v) is 7.55. The maximum Gasteiger partial charge on any atom is 0.136 e. The summed E-state index contributed by atoms with van der Waals surface area (Å²) >= 11 is 0. The predicted molar refractivity (Wildman–Crippen MR) is 96.8 cm³/mol. The minimum atomic E-state index is -0.667. The molecule has 25 heavy (non-hydrogen) atoms. The van der Waals surface area contributed by atoms with Crippen molar-refractivity contribution in [3.63, 3.8) is 0 Å². The molecule has 6 heteroatoms. The quantitative estimate of drug-likeness (QED) is 0.735. The molecule has 0 saturated heterocycles. The second kappa shape index (κ2) is 7.40. The number of aliphatic hydroxyl groups is 2. The molecule has 4 rings (SSSR count). The number of aliphatic hydroxyl groups excluding tert-OH is 2. The first-order valence-electron chi connectivity index (χ1n) is 9.53. The van der Waals surface area contributed by atoms with Crippen LogP contribution in [0.25, 0.3) is 0 Å². The fourth-order valence-electron chi connectivity index (χ4n) is 3.80. The predicted octanol–water partition coefficient (Wildman–Crippen LogP) is 0.559. The molecule has 2 N–H and O–H groups in total. The van der Waals surface area contributed by atoms with E-state index in [1.807, 2.05) is 0 Å². The smallest absolute Gasteiger partial charge is 0.136 e. The maximum absolute atomic E-state index is 9.76. The highest BCUT2D eigenvalue weighted by Gasteiger charge is 2.27. The molecule has 1 unspecified atom stereocenters. The second-order valence-electron chi connectivity index (χ2n) is 7.55. The monoisotopic (exact) mass is 344 g/mol. The van der Waals surface area contributed by atoms with Crippen LogP contribution in [0.1, 0.15) is 29.9 Å². The molecule has 1 aromatic rings. The zero-order valence-corrected chi connectivity index (χ0v) is 14.8. The van der Waals surface area contributed by atoms with Gasteiger partial charge in [0.25, 0.3) is 0 Å². The summed E-state index contributed by atoms with van der Waals surface area (Å²) in [5.41, 5.74) is 2.47. The Hall–Kier alpha value is -1.50. The van der Waals surface area contributed by atoms with Crippen molar-refractivity contribution in [2.75, 3.05) is 44.2 Å². The normalized spacial score (nSPS) is 22.1. The van der Waals surface area contributed by atoms with Crippen LogP contribution in [0.2, 0.25) is 0 Å². The van der Waals surface area contributed by atoms with E-state index in [0.29, 0.717) is 6.54 Å². The van der Waals surface area contributed by atoms with Gasteiger partial charge in [0.1, 0.15) is 11.6 Å². The lowest BCUT2D eigenvalue weighted by Crippen LogP contribution is -2.36. The minimum Gasteiger partial charge on any atom is -0.394 e. The van der Waals surface area contributed by atoms with Gasteiger partial charge in [0.2, 0.25) is 0 Å². The van der Waals surface area contributed by atoms with Crippen LogP contribution in [0.3, 0.4) is 0 Å². The Labute approximate surface area is 149 Å². The Bertz CT molecular complexity index is 637. The fourth-order valence-corrected chi connectivity index (χ4v) is 3.80. The number of aromatic nitrogens is 2. The first kappa shape index (κ1) is 16.9. The molecule has 6 nitrogen and oxygen atoms in total. The Morgan fingerprint density at radius 1 is 1.12 bits per heavy atom. The van der Waals surface area contributed by atoms with Crippen LogP contribution in [0.4, 0.5) is 5.82 Å². The molecule has 1 atom stereocenters. The zero-order chi connectivity index (χ0) is 17.2. The van der Waals surface area contributed by atoms with Gasteiger partial charge >= 0.3 is 0 Å². The lowest BCUT2D eigenvalue weighted by atomic mass is 10.1. The highest BCUT2D eigenvalue weighted by molar-refractivity contribution is 5.52. The number of rotatable bonds is 6. The summed E-state index contributed by atoms with van der Waals surface area (Å²) in [4.78, 5) is 14.5. The molecule has 3 aliphatic rings. The van der Waals surface area contributed by atoms with Gasteiger partial charge < -0.3 is 15.1 Å². The number of hydrogen-bond acceptors (Lipinski definition) is 6. The van der Waals surface area contributed by atoms with Crippen LogP contribution in [0, 0.1) is 5.92 Å². The van der Waals surface area contributed by atoms with Gasteiger partial charge in [0.05, 0.1) is 18.4 Å². The minimum absolute atomic E-state index is 0.181. The van der Waals surface area contributed by atoms with Gasteiger partial charge in [-0.15, -0.1) is 0 Å². The SMILES string of the molecule is OCC(O)CN1CCc2nc(CC3CC3)nc(N3CC=CC3)c2CC1. The van der Waals surface area contributed by atoms with E-state index in [1.54, 1.807) is 0 Å². The number of hydrogen-bond donors (Lipinski definition) is 2. The van der Waals surface area contributed by atoms with Gasteiger partial charge in [0.15, 0.2) is 0 Å². The Morgan fingerprint density at radius 3 is 2.60 bits per heavy atom. The van der Waals surface area contributed by atoms with Crippen molar-refractivity contribution in [2.24, 2.45) is 5.92 Å². The van der Waals surface area contributed by atoms with Gasteiger partial charge in [-0.1, -0.05) is 12.2 Å². The number of nitrogens with zero attached hydrogens (tertiary/aromatic N) is 4. The molecule has 2 aliphatic heterocycles. The third-order valence-corrected chi connectivity index (χ3v) is 5.43. The van der Waals surface area contributed by atoms with E-state index in [1.165, 1.54) is 24.1 Å². The first-order valence-corrected chi connectivity index (χ1v) is 9.53. The van der Waals surface area contributed by atoms with E-state index in [2.05, 4.69) is 22.0 Å². The van der Waals surface area contributed by atoms with Crippen molar-refractivity contribution in [1.82, 2.24) is 14.9 Å². The van der Waals surface area contributed by atoms with Crippen molar-refractivity contribution in [3.05, 3.63) is 29.2 Å². The van der Waals surface area contributed by atoms with E-state index in [4.69, 9.17) is 15.1 Å². The molecular weight excluding hydrogens is 316 g/mol. The van der Waals surface area contributed by atoms with Gasteiger partial charge in [0, 0.05) is 51.1 Å². The summed E-state index contributed by atoms with van der Waals surface area (Å²) in [7, 11) is 0. The topological polar surface area (TPSA) is 72.7 Å². The third kappa shape index (κ3) is 4.02. The number of anilines is 1. The highest BCUT2D eigenvalue weighted by Crippen LogP contribution is 2.33. The summed E-state index contributed by atoms with van der Waals surface area (Å²) in [6, 6.07) is 0. The third-order valence-electron chi connectivity index (χ3n) is 5.43. The molecule has 0 radical (unpaired) electrons. The maximum atomic E-state index is 9.76. The molecule has 0 amide bonds. The Kier molecular flexibility index (Phi) is 5.01. The summed E-state index contributed by atoms with van der Waals surface area (Å²) in [5.74, 6) is 2.91. The molecule has 0 bridgehead atoms. The van der Waals surface area contributed by atoms with Crippen molar-refractivity contribution in [1.29, 1.82) is 0 Å². The summed E-state index contributed by atoms with van der Waals surface area (Å²) in [6.07, 6.45) is 9.17. The molecule has 3 heterocycles. The van der Waals surface area contributed by atoms with Crippen LogP contribution in [0.5, 0.6) is 0 Å². The van der Waals surface area contributed by atoms with Crippen LogP contribution in [-0.4, -0.2) is 70.5 Å². The van der Waals surface area contributed by atoms with E-state index in [0.717, 1.165) is 63.0 Å². The summed E-state index contributed by atoms with van der Waals surface area (Å²) in [6.45, 7) is 3.96. The zero-order valence-electron chi connectivity index (χ0n) is 14.8. The van der Waals surface area contributed by atoms with Crippen LogP contribution in [-0.2, 0) is 19.3 Å². The van der Waals surface area contributed by atoms with E-state index in [-0.39, 0.29) is 6.61 Å². The Balaban J connectivity index is 1.57. The van der Waals surface area contributed by atoms with Crippen LogP contribution in [0.15, 0.2) is 12.2 Å².